The van der Waals surface area contributed by atoms with Crippen LogP contribution in [0.2, 0.25) is 0 Å². The standard InChI is InChI=1S/C19H25N3O/c1-5-8-15-14(4)21(12-11-13(2)3)19-20-16-9-6-7-10-17(16)22(19)18(15)23/h6-7,9-10,13H,5,8,11-12H2,1-4H3. The minimum Gasteiger partial charge on any atom is -0.315 e. The lowest BCUT2D eigenvalue weighted by Crippen LogP contribution is -2.25. The summed E-state index contributed by atoms with van der Waals surface area (Å²) in [6.45, 7) is 9.53. The first-order valence-electron chi connectivity index (χ1n) is 8.54. The van der Waals surface area contributed by atoms with Gasteiger partial charge in [0.25, 0.3) is 5.56 Å². The number of rotatable bonds is 5. The number of hydrogen-bond acceptors (Lipinski definition) is 2. The van der Waals surface area contributed by atoms with Crippen LogP contribution in [0.3, 0.4) is 0 Å². The van der Waals surface area contributed by atoms with E-state index >= 15 is 0 Å². The summed E-state index contributed by atoms with van der Waals surface area (Å²) in [6.07, 6.45) is 2.86. The molecule has 3 rings (SSSR count). The van der Waals surface area contributed by atoms with Gasteiger partial charge in [-0.1, -0.05) is 39.3 Å². The first kappa shape index (κ1) is 15.8. The van der Waals surface area contributed by atoms with Crippen molar-refractivity contribution >= 4 is 16.8 Å². The Morgan fingerprint density at radius 3 is 2.65 bits per heavy atom. The average Bonchev–Trinajstić information content (AvgIpc) is 2.90. The summed E-state index contributed by atoms with van der Waals surface area (Å²) in [5.74, 6) is 1.39. The van der Waals surface area contributed by atoms with Gasteiger partial charge in [0.15, 0.2) is 0 Å². The number of aromatic nitrogens is 3. The van der Waals surface area contributed by atoms with Crippen LogP contribution in [0.5, 0.6) is 0 Å². The van der Waals surface area contributed by atoms with Crippen LogP contribution in [-0.4, -0.2) is 14.0 Å². The van der Waals surface area contributed by atoms with Crippen molar-refractivity contribution < 1.29 is 0 Å². The van der Waals surface area contributed by atoms with Gasteiger partial charge in [0.05, 0.1) is 11.0 Å². The normalized spacial score (nSPS) is 11.9. The second kappa shape index (κ2) is 6.19. The van der Waals surface area contributed by atoms with Crippen molar-refractivity contribution in [2.45, 2.75) is 53.5 Å². The molecule has 2 aromatic heterocycles. The molecule has 0 bridgehead atoms. The van der Waals surface area contributed by atoms with Crippen molar-refractivity contribution in [1.29, 1.82) is 0 Å². The third-order valence-electron chi connectivity index (χ3n) is 4.52. The van der Waals surface area contributed by atoms with E-state index in [9.17, 15) is 4.79 Å². The Bertz CT molecular complexity index is 902. The maximum Gasteiger partial charge on any atom is 0.262 e. The van der Waals surface area contributed by atoms with E-state index in [0.717, 1.165) is 53.9 Å². The van der Waals surface area contributed by atoms with E-state index in [1.54, 1.807) is 4.40 Å². The first-order valence-corrected chi connectivity index (χ1v) is 8.54. The molecule has 3 aromatic rings. The molecular weight excluding hydrogens is 286 g/mol. The molecule has 0 radical (unpaired) electrons. The van der Waals surface area contributed by atoms with Gasteiger partial charge in [-0.15, -0.1) is 0 Å². The molecule has 0 N–H and O–H groups in total. The Hall–Kier alpha value is -2.10. The van der Waals surface area contributed by atoms with E-state index in [4.69, 9.17) is 4.98 Å². The van der Waals surface area contributed by atoms with Crippen LogP contribution in [-0.2, 0) is 13.0 Å². The highest BCUT2D eigenvalue weighted by Gasteiger charge is 2.17. The number of hydrogen-bond donors (Lipinski definition) is 0. The molecule has 0 aliphatic carbocycles. The van der Waals surface area contributed by atoms with E-state index in [1.807, 2.05) is 24.3 Å². The molecule has 4 heteroatoms. The maximum atomic E-state index is 13.0. The second-order valence-electron chi connectivity index (χ2n) is 6.69. The van der Waals surface area contributed by atoms with Crippen LogP contribution in [0.15, 0.2) is 29.1 Å². The molecule has 0 aliphatic heterocycles. The lowest BCUT2D eigenvalue weighted by Gasteiger charge is -2.17. The summed E-state index contributed by atoms with van der Waals surface area (Å²) >= 11 is 0. The highest BCUT2D eigenvalue weighted by atomic mass is 16.1. The van der Waals surface area contributed by atoms with Crippen molar-refractivity contribution in [1.82, 2.24) is 14.0 Å². The van der Waals surface area contributed by atoms with Gasteiger partial charge in [-0.25, -0.2) is 9.38 Å². The van der Waals surface area contributed by atoms with Crippen LogP contribution in [0.1, 0.15) is 44.9 Å². The molecule has 0 atom stereocenters. The molecular formula is C19H25N3O. The fraction of sp³-hybridized carbons (Fsp3) is 0.474. The lowest BCUT2D eigenvalue weighted by molar-refractivity contribution is 0.509. The fourth-order valence-corrected chi connectivity index (χ4v) is 3.19. The minimum atomic E-state index is 0.0915. The van der Waals surface area contributed by atoms with Crippen LogP contribution >= 0.6 is 0 Å². The molecule has 0 saturated heterocycles. The van der Waals surface area contributed by atoms with E-state index in [-0.39, 0.29) is 5.56 Å². The number of aryl methyl sites for hydroxylation is 1. The topological polar surface area (TPSA) is 39.3 Å². The predicted octanol–water partition coefficient (Wildman–Crippen LogP) is 3.96. The van der Waals surface area contributed by atoms with Crippen molar-refractivity contribution in [2.75, 3.05) is 0 Å². The molecule has 1 aromatic carbocycles. The van der Waals surface area contributed by atoms with Gasteiger partial charge in [0.2, 0.25) is 5.78 Å². The number of para-hydroxylation sites is 2. The van der Waals surface area contributed by atoms with Gasteiger partial charge in [0, 0.05) is 17.8 Å². The average molecular weight is 311 g/mol. The monoisotopic (exact) mass is 311 g/mol. The molecule has 4 nitrogen and oxygen atoms in total. The Balaban J connectivity index is 2.36. The molecule has 0 unspecified atom stereocenters. The van der Waals surface area contributed by atoms with Crippen LogP contribution in [0.4, 0.5) is 0 Å². The molecule has 0 amide bonds. The van der Waals surface area contributed by atoms with Gasteiger partial charge >= 0.3 is 0 Å². The molecule has 23 heavy (non-hydrogen) atoms. The van der Waals surface area contributed by atoms with Crippen LogP contribution in [0.25, 0.3) is 16.8 Å². The Morgan fingerprint density at radius 1 is 1.22 bits per heavy atom. The van der Waals surface area contributed by atoms with E-state index < -0.39 is 0 Å². The predicted molar refractivity (Wildman–Crippen MR) is 95.1 cm³/mol. The van der Waals surface area contributed by atoms with Crippen LogP contribution in [0, 0.1) is 12.8 Å². The SMILES string of the molecule is CCCc1c(C)n(CCC(C)C)c2nc3ccccc3n2c1=O. The van der Waals surface area contributed by atoms with Gasteiger partial charge in [-0.05, 0) is 37.8 Å². The fourth-order valence-electron chi connectivity index (χ4n) is 3.19. The Labute approximate surface area is 136 Å². The van der Waals surface area contributed by atoms with Crippen molar-refractivity contribution in [3.05, 3.63) is 45.9 Å². The van der Waals surface area contributed by atoms with Gasteiger partial charge < -0.3 is 4.57 Å². The number of benzene rings is 1. The summed E-state index contributed by atoms with van der Waals surface area (Å²) < 4.78 is 4.03. The molecule has 2 heterocycles. The maximum absolute atomic E-state index is 13.0. The van der Waals surface area contributed by atoms with E-state index in [1.165, 1.54) is 0 Å². The zero-order valence-corrected chi connectivity index (χ0v) is 14.5. The van der Waals surface area contributed by atoms with Crippen molar-refractivity contribution in [3.8, 4) is 0 Å². The van der Waals surface area contributed by atoms with E-state index in [2.05, 4.69) is 32.3 Å². The number of nitrogens with zero attached hydrogens (tertiary/aromatic N) is 3. The molecule has 0 spiro atoms. The summed E-state index contributed by atoms with van der Waals surface area (Å²) in [5, 5.41) is 0. The highest BCUT2D eigenvalue weighted by molar-refractivity contribution is 5.79. The zero-order valence-electron chi connectivity index (χ0n) is 14.5. The van der Waals surface area contributed by atoms with Crippen LogP contribution < -0.4 is 5.56 Å². The Kier molecular flexibility index (Phi) is 4.24. The minimum absolute atomic E-state index is 0.0915. The highest BCUT2D eigenvalue weighted by Crippen LogP contribution is 2.19. The second-order valence-corrected chi connectivity index (χ2v) is 6.69. The first-order chi connectivity index (χ1) is 11.0. The Morgan fingerprint density at radius 2 is 1.96 bits per heavy atom. The summed E-state index contributed by atoms with van der Waals surface area (Å²) in [5.41, 5.74) is 3.88. The molecule has 0 fully saturated rings. The summed E-state index contributed by atoms with van der Waals surface area (Å²) in [4.78, 5) is 17.8. The molecule has 0 aliphatic rings. The van der Waals surface area contributed by atoms with Crippen molar-refractivity contribution in [3.63, 3.8) is 0 Å². The molecule has 122 valence electrons. The largest absolute Gasteiger partial charge is 0.315 e. The third-order valence-corrected chi connectivity index (χ3v) is 4.52. The van der Waals surface area contributed by atoms with Crippen molar-refractivity contribution in [2.24, 2.45) is 5.92 Å². The third kappa shape index (κ3) is 2.67. The summed E-state index contributed by atoms with van der Waals surface area (Å²) in [7, 11) is 0. The smallest absolute Gasteiger partial charge is 0.262 e. The summed E-state index contributed by atoms with van der Waals surface area (Å²) in [6, 6.07) is 7.89. The van der Waals surface area contributed by atoms with Gasteiger partial charge in [0.1, 0.15) is 0 Å². The van der Waals surface area contributed by atoms with E-state index in [0.29, 0.717) is 5.92 Å². The quantitative estimate of drug-likeness (QED) is 0.715. The van der Waals surface area contributed by atoms with Gasteiger partial charge in [-0.2, -0.15) is 0 Å². The van der Waals surface area contributed by atoms with Gasteiger partial charge in [-0.3, -0.25) is 4.79 Å². The number of fused-ring (bicyclic) bond motifs is 3. The lowest BCUT2D eigenvalue weighted by atomic mass is 10.1. The molecule has 0 saturated carbocycles. The number of imidazole rings is 1. The zero-order chi connectivity index (χ0) is 16.6.